The Bertz CT molecular complexity index is 684. The summed E-state index contributed by atoms with van der Waals surface area (Å²) in [6, 6.07) is 0. The van der Waals surface area contributed by atoms with Crippen molar-refractivity contribution in [2.45, 2.75) is 141 Å². The van der Waals surface area contributed by atoms with Crippen LogP contribution >= 0.6 is 0 Å². The van der Waals surface area contributed by atoms with Crippen LogP contribution in [0.3, 0.4) is 0 Å². The first-order valence-corrected chi connectivity index (χ1v) is 14.0. The third-order valence-electron chi connectivity index (χ3n) is 13.8. The molecule has 0 amide bonds. The minimum absolute atomic E-state index is 0.0966. The van der Waals surface area contributed by atoms with Crippen LogP contribution in [0.25, 0.3) is 0 Å². The number of fused-ring (bicyclic) bond motifs is 2. The Morgan fingerprint density at radius 1 is 0.875 bits per heavy atom. The van der Waals surface area contributed by atoms with E-state index >= 15 is 0 Å². The van der Waals surface area contributed by atoms with Gasteiger partial charge in [-0.05, 0) is 81.8 Å². The molecule has 1 nitrogen and oxygen atoms in total. The van der Waals surface area contributed by atoms with Gasteiger partial charge in [-0.1, -0.05) is 110 Å². The molecular weight excluding hydrogens is 386 g/mol. The number of hydrogen-bond acceptors (Lipinski definition) is 1. The fraction of sp³-hybridized carbons (Fsp3) is 1.00. The van der Waals surface area contributed by atoms with Gasteiger partial charge in [-0.15, -0.1) is 0 Å². The van der Waals surface area contributed by atoms with E-state index in [0.29, 0.717) is 23.2 Å². The van der Waals surface area contributed by atoms with Gasteiger partial charge in [-0.3, -0.25) is 0 Å². The highest BCUT2D eigenvalue weighted by atomic mass is 14.9. The fourth-order valence-electron chi connectivity index (χ4n) is 10.2. The predicted molar refractivity (Wildman–Crippen MR) is 144 cm³/mol. The third-order valence-corrected chi connectivity index (χ3v) is 13.8. The van der Waals surface area contributed by atoms with Crippen molar-refractivity contribution in [2.75, 3.05) is 0 Å². The summed E-state index contributed by atoms with van der Waals surface area (Å²) in [6.07, 6.45) is 5.98. The summed E-state index contributed by atoms with van der Waals surface area (Å²) in [5.41, 5.74) is 8.87. The molecule has 2 aliphatic carbocycles. The molecule has 2 aliphatic rings. The summed E-state index contributed by atoms with van der Waals surface area (Å²) < 4.78 is 0. The molecule has 0 spiro atoms. The average Bonchev–Trinajstić information content (AvgIpc) is 2.79. The van der Waals surface area contributed by atoms with Crippen LogP contribution in [0.1, 0.15) is 136 Å². The number of rotatable bonds is 8. The molecule has 1 heteroatoms. The molecule has 2 saturated carbocycles. The highest BCUT2D eigenvalue weighted by molar-refractivity contribution is 5.29. The zero-order chi connectivity index (χ0) is 25.3. The molecule has 2 bridgehead atoms. The van der Waals surface area contributed by atoms with Crippen LogP contribution in [0.4, 0.5) is 0 Å². The molecule has 2 rings (SSSR count). The smallest absolute Gasteiger partial charge is 0.0216 e. The van der Waals surface area contributed by atoms with Crippen molar-refractivity contribution in [1.82, 2.24) is 0 Å². The van der Waals surface area contributed by atoms with Crippen molar-refractivity contribution in [3.8, 4) is 0 Å². The van der Waals surface area contributed by atoms with Crippen molar-refractivity contribution < 1.29 is 0 Å². The quantitative estimate of drug-likeness (QED) is 0.394. The molecule has 2 N–H and O–H groups in total. The zero-order valence-corrected chi connectivity index (χ0v) is 24.9. The van der Waals surface area contributed by atoms with Crippen molar-refractivity contribution in [1.29, 1.82) is 0 Å². The Morgan fingerprint density at radius 2 is 1.38 bits per heavy atom. The zero-order valence-electron chi connectivity index (χ0n) is 24.9. The standard InChI is InChI=1S/C31H61N/c1-16-25(7,8)21(4)19-22(5)26(9,10)24-27(11,12)30(15)23(6)28(24,13)20-31(32,18-3)29(30,14)17-2/h21-24H,16-20,32H2,1-15H3. The van der Waals surface area contributed by atoms with E-state index in [-0.39, 0.29) is 32.6 Å². The van der Waals surface area contributed by atoms with Crippen LogP contribution in [0, 0.1) is 56.2 Å². The first-order valence-electron chi connectivity index (χ1n) is 14.0. The maximum atomic E-state index is 7.46. The second-order valence-corrected chi connectivity index (χ2v) is 15.2. The molecule has 8 unspecified atom stereocenters. The molecule has 0 radical (unpaired) electrons. The second kappa shape index (κ2) is 7.99. The lowest BCUT2D eigenvalue weighted by atomic mass is 9.40. The molecular formula is C31H61N. The molecule has 0 aromatic heterocycles. The molecule has 8 atom stereocenters. The Morgan fingerprint density at radius 3 is 1.78 bits per heavy atom. The Balaban J connectivity index is 2.65. The van der Waals surface area contributed by atoms with Crippen LogP contribution in [0.15, 0.2) is 0 Å². The van der Waals surface area contributed by atoms with Crippen molar-refractivity contribution in [3.05, 3.63) is 0 Å². The molecule has 0 aromatic carbocycles. The van der Waals surface area contributed by atoms with Crippen LogP contribution in [0.5, 0.6) is 0 Å². The average molecular weight is 448 g/mol. The topological polar surface area (TPSA) is 26.0 Å². The van der Waals surface area contributed by atoms with E-state index in [1.54, 1.807) is 0 Å². The molecule has 2 fully saturated rings. The highest BCUT2D eigenvalue weighted by Gasteiger charge is 2.79. The maximum Gasteiger partial charge on any atom is 0.0216 e. The molecule has 32 heavy (non-hydrogen) atoms. The van der Waals surface area contributed by atoms with Gasteiger partial charge in [0.25, 0.3) is 0 Å². The van der Waals surface area contributed by atoms with Gasteiger partial charge in [0.05, 0.1) is 0 Å². The predicted octanol–water partition coefficient (Wildman–Crippen LogP) is 9.34. The fourth-order valence-corrected chi connectivity index (χ4v) is 10.2. The van der Waals surface area contributed by atoms with E-state index in [2.05, 4.69) is 104 Å². The summed E-state index contributed by atoms with van der Waals surface area (Å²) in [6.45, 7) is 38.0. The maximum absolute atomic E-state index is 7.46. The largest absolute Gasteiger partial charge is 0.325 e. The minimum Gasteiger partial charge on any atom is -0.325 e. The van der Waals surface area contributed by atoms with Gasteiger partial charge in [-0.25, -0.2) is 0 Å². The molecule has 0 aliphatic heterocycles. The van der Waals surface area contributed by atoms with E-state index in [4.69, 9.17) is 5.73 Å². The third kappa shape index (κ3) is 3.25. The van der Waals surface area contributed by atoms with Crippen LogP contribution < -0.4 is 5.73 Å². The summed E-state index contributed by atoms with van der Waals surface area (Å²) in [4.78, 5) is 0. The lowest BCUT2D eigenvalue weighted by molar-refractivity contribution is -0.148. The monoisotopic (exact) mass is 447 g/mol. The van der Waals surface area contributed by atoms with Crippen LogP contribution in [-0.2, 0) is 0 Å². The van der Waals surface area contributed by atoms with E-state index in [1.807, 2.05) is 0 Å². The Labute approximate surface area is 203 Å². The lowest BCUT2D eigenvalue weighted by Crippen LogP contribution is -2.68. The van der Waals surface area contributed by atoms with Crippen molar-refractivity contribution in [2.24, 2.45) is 61.9 Å². The van der Waals surface area contributed by atoms with E-state index in [9.17, 15) is 0 Å². The minimum atomic E-state index is -0.0966. The van der Waals surface area contributed by atoms with Crippen LogP contribution in [0.2, 0.25) is 0 Å². The van der Waals surface area contributed by atoms with Gasteiger partial charge in [0.15, 0.2) is 0 Å². The van der Waals surface area contributed by atoms with E-state index in [1.165, 1.54) is 19.3 Å². The van der Waals surface area contributed by atoms with Crippen LogP contribution in [-0.4, -0.2) is 5.54 Å². The number of nitrogens with two attached hydrogens (primary N) is 1. The van der Waals surface area contributed by atoms with Crippen molar-refractivity contribution in [3.63, 3.8) is 0 Å². The lowest BCUT2D eigenvalue weighted by Gasteiger charge is -2.66. The molecule has 0 aromatic rings. The first kappa shape index (κ1) is 28.2. The van der Waals surface area contributed by atoms with E-state index in [0.717, 1.165) is 18.8 Å². The highest BCUT2D eigenvalue weighted by Crippen LogP contribution is 2.82. The summed E-state index contributed by atoms with van der Waals surface area (Å²) in [5, 5.41) is 0. The Kier molecular flexibility index (Phi) is 7.04. The van der Waals surface area contributed by atoms with Gasteiger partial charge in [0.1, 0.15) is 0 Å². The Hall–Kier alpha value is -0.0400. The normalized spacial score (nSPS) is 43.9. The van der Waals surface area contributed by atoms with Gasteiger partial charge in [-0.2, -0.15) is 0 Å². The number of hydrogen-bond donors (Lipinski definition) is 1. The SMILES string of the molecule is CCC(C)(C)C(C)CC(C)C(C)(C)C1C2(C)CC(N)(CC)C(C)(CC)C(C)(C2C)C1(C)C. The van der Waals surface area contributed by atoms with Gasteiger partial charge < -0.3 is 5.73 Å². The van der Waals surface area contributed by atoms with Crippen molar-refractivity contribution >= 4 is 0 Å². The summed E-state index contributed by atoms with van der Waals surface area (Å²) >= 11 is 0. The molecule has 0 saturated heterocycles. The second-order valence-electron chi connectivity index (χ2n) is 15.2. The molecule has 0 heterocycles. The summed E-state index contributed by atoms with van der Waals surface area (Å²) in [7, 11) is 0. The van der Waals surface area contributed by atoms with Gasteiger partial charge in [0.2, 0.25) is 0 Å². The van der Waals surface area contributed by atoms with E-state index < -0.39 is 0 Å². The first-order chi connectivity index (χ1) is 14.2. The molecule has 190 valence electrons. The van der Waals surface area contributed by atoms with Gasteiger partial charge >= 0.3 is 0 Å². The summed E-state index contributed by atoms with van der Waals surface area (Å²) in [5.74, 6) is 2.73. The van der Waals surface area contributed by atoms with Gasteiger partial charge in [0, 0.05) is 5.54 Å².